The van der Waals surface area contributed by atoms with Crippen LogP contribution in [0.5, 0.6) is 11.5 Å². The Hall–Kier alpha value is -1.51. The molecular formula is C32H52O3. The molecular weight excluding hydrogens is 432 g/mol. The number of benzene rings is 1. The average molecular weight is 485 g/mol. The van der Waals surface area contributed by atoms with Gasteiger partial charge in [0, 0.05) is 0 Å². The molecule has 1 aromatic rings. The Morgan fingerprint density at radius 2 is 1.29 bits per heavy atom. The van der Waals surface area contributed by atoms with Gasteiger partial charge < -0.3 is 9.47 Å². The smallest absolute Gasteiger partial charge is 0.314 e. The van der Waals surface area contributed by atoms with Crippen LogP contribution in [-0.2, 0) is 4.79 Å². The van der Waals surface area contributed by atoms with E-state index < -0.39 is 0 Å². The van der Waals surface area contributed by atoms with Gasteiger partial charge in [-0.15, -0.1) is 0 Å². The fourth-order valence-electron chi connectivity index (χ4n) is 6.41. The van der Waals surface area contributed by atoms with Crippen molar-refractivity contribution in [2.75, 3.05) is 6.61 Å². The zero-order valence-corrected chi connectivity index (χ0v) is 22.8. The number of carbonyl (C=O) groups is 1. The predicted octanol–water partition coefficient (Wildman–Crippen LogP) is 9.52. The summed E-state index contributed by atoms with van der Waals surface area (Å²) in [5.74, 6) is 4.19. The van der Waals surface area contributed by atoms with E-state index in [0.717, 1.165) is 49.4 Å². The van der Waals surface area contributed by atoms with E-state index in [0.29, 0.717) is 5.75 Å². The lowest BCUT2D eigenvalue weighted by atomic mass is 9.74. The zero-order valence-electron chi connectivity index (χ0n) is 22.8. The second-order valence-corrected chi connectivity index (χ2v) is 11.4. The summed E-state index contributed by atoms with van der Waals surface area (Å²) in [5.41, 5.74) is 0. The summed E-state index contributed by atoms with van der Waals surface area (Å²) in [6.45, 7) is 5.33. The highest BCUT2D eigenvalue weighted by Gasteiger charge is 2.27. The number of unbranched alkanes of at least 4 members (excludes halogenated alkanes) is 4. The largest absolute Gasteiger partial charge is 0.494 e. The molecule has 198 valence electrons. The molecule has 2 atom stereocenters. The molecule has 3 heteroatoms. The maximum Gasteiger partial charge on any atom is 0.314 e. The maximum atomic E-state index is 12.6. The highest BCUT2D eigenvalue weighted by atomic mass is 16.5. The molecule has 2 unspecified atom stereocenters. The second-order valence-electron chi connectivity index (χ2n) is 11.4. The Labute approximate surface area is 215 Å². The van der Waals surface area contributed by atoms with Crippen molar-refractivity contribution in [1.82, 2.24) is 0 Å². The molecule has 2 aliphatic rings. The minimum atomic E-state index is -0.0494. The first-order valence-corrected chi connectivity index (χ1v) is 15.1. The van der Waals surface area contributed by atoms with Gasteiger partial charge in [-0.05, 0) is 80.5 Å². The van der Waals surface area contributed by atoms with Crippen LogP contribution < -0.4 is 9.47 Å². The molecule has 35 heavy (non-hydrogen) atoms. The van der Waals surface area contributed by atoms with Crippen LogP contribution in [0, 0.1) is 23.7 Å². The summed E-state index contributed by atoms with van der Waals surface area (Å²) >= 11 is 0. The van der Waals surface area contributed by atoms with E-state index >= 15 is 0 Å². The molecule has 0 heterocycles. The van der Waals surface area contributed by atoms with Crippen LogP contribution in [0.1, 0.15) is 129 Å². The van der Waals surface area contributed by atoms with Crippen LogP contribution in [0.25, 0.3) is 0 Å². The number of hydrogen-bond acceptors (Lipinski definition) is 3. The van der Waals surface area contributed by atoms with Crippen molar-refractivity contribution in [2.45, 2.75) is 129 Å². The minimum Gasteiger partial charge on any atom is -0.494 e. The van der Waals surface area contributed by atoms with Gasteiger partial charge in [0.2, 0.25) is 0 Å². The van der Waals surface area contributed by atoms with Crippen LogP contribution in [-0.4, -0.2) is 12.6 Å². The van der Waals surface area contributed by atoms with Crippen LogP contribution in [0.4, 0.5) is 0 Å². The molecule has 3 rings (SSSR count). The summed E-state index contributed by atoms with van der Waals surface area (Å²) in [7, 11) is 0. The van der Waals surface area contributed by atoms with E-state index in [1.807, 2.05) is 24.3 Å². The Kier molecular flexibility index (Phi) is 13.1. The molecule has 2 saturated carbocycles. The molecule has 0 saturated heterocycles. The van der Waals surface area contributed by atoms with Crippen molar-refractivity contribution in [2.24, 2.45) is 23.7 Å². The summed E-state index contributed by atoms with van der Waals surface area (Å²) in [5, 5.41) is 0. The van der Waals surface area contributed by atoms with Crippen molar-refractivity contribution in [3.8, 4) is 11.5 Å². The highest BCUT2D eigenvalue weighted by Crippen LogP contribution is 2.36. The van der Waals surface area contributed by atoms with Gasteiger partial charge in [-0.25, -0.2) is 0 Å². The predicted molar refractivity (Wildman–Crippen MR) is 146 cm³/mol. The van der Waals surface area contributed by atoms with Gasteiger partial charge in [0.15, 0.2) is 0 Å². The lowest BCUT2D eigenvalue weighted by molar-refractivity contribution is -0.140. The number of rotatable bonds is 15. The molecule has 0 aliphatic heterocycles. The molecule has 0 N–H and O–H groups in total. The van der Waals surface area contributed by atoms with Crippen molar-refractivity contribution < 1.29 is 14.3 Å². The topological polar surface area (TPSA) is 35.5 Å². The van der Waals surface area contributed by atoms with E-state index in [4.69, 9.17) is 9.47 Å². The first-order valence-electron chi connectivity index (χ1n) is 15.1. The fourth-order valence-corrected chi connectivity index (χ4v) is 6.41. The highest BCUT2D eigenvalue weighted by molar-refractivity contribution is 5.75. The van der Waals surface area contributed by atoms with Crippen molar-refractivity contribution in [1.29, 1.82) is 0 Å². The SMILES string of the molecule is CCCCCC1CCC(C(=O)Oc2ccc(OCCCC3CCCCC3CCCCC)cc2)CC1. The lowest BCUT2D eigenvalue weighted by Gasteiger charge is -2.31. The third kappa shape index (κ3) is 10.2. The van der Waals surface area contributed by atoms with Gasteiger partial charge in [-0.1, -0.05) is 90.9 Å². The van der Waals surface area contributed by atoms with Crippen LogP contribution in [0.15, 0.2) is 24.3 Å². The molecule has 0 aromatic heterocycles. The molecule has 0 spiro atoms. The van der Waals surface area contributed by atoms with Gasteiger partial charge in [-0.3, -0.25) is 4.79 Å². The summed E-state index contributed by atoms with van der Waals surface area (Å²) in [4.78, 5) is 12.6. The Morgan fingerprint density at radius 1 is 0.714 bits per heavy atom. The van der Waals surface area contributed by atoms with E-state index in [-0.39, 0.29) is 11.9 Å². The van der Waals surface area contributed by atoms with Crippen LogP contribution in [0.3, 0.4) is 0 Å². The van der Waals surface area contributed by atoms with Crippen molar-refractivity contribution in [3.05, 3.63) is 24.3 Å². The van der Waals surface area contributed by atoms with Gasteiger partial charge in [0.1, 0.15) is 11.5 Å². The van der Waals surface area contributed by atoms with E-state index in [1.54, 1.807) is 0 Å². The standard InChI is InChI=1S/C32H52O3/c1-3-5-7-12-26-17-19-29(20-18-26)32(33)35-31-23-21-30(22-24-31)34-25-11-16-28-15-10-9-14-27(28)13-8-6-4-2/h21-24,26-29H,3-20,25H2,1-2H3. The molecule has 3 nitrogen and oxygen atoms in total. The Bertz CT molecular complexity index is 689. The fraction of sp³-hybridized carbons (Fsp3) is 0.781. The third-order valence-electron chi connectivity index (χ3n) is 8.67. The Balaban J connectivity index is 1.31. The van der Waals surface area contributed by atoms with Crippen molar-refractivity contribution in [3.63, 3.8) is 0 Å². The molecule has 2 fully saturated rings. The average Bonchev–Trinajstić information content (AvgIpc) is 2.89. The molecule has 2 aliphatic carbocycles. The van der Waals surface area contributed by atoms with E-state index in [2.05, 4.69) is 13.8 Å². The monoisotopic (exact) mass is 484 g/mol. The molecule has 1 aromatic carbocycles. The third-order valence-corrected chi connectivity index (χ3v) is 8.67. The van der Waals surface area contributed by atoms with Gasteiger partial charge in [0.05, 0.1) is 12.5 Å². The molecule has 0 radical (unpaired) electrons. The lowest BCUT2D eigenvalue weighted by Crippen LogP contribution is -2.25. The first kappa shape index (κ1) is 28.1. The van der Waals surface area contributed by atoms with Gasteiger partial charge in [0.25, 0.3) is 0 Å². The Morgan fingerprint density at radius 3 is 1.91 bits per heavy atom. The van der Waals surface area contributed by atoms with E-state index in [9.17, 15) is 4.79 Å². The maximum absolute atomic E-state index is 12.6. The second kappa shape index (κ2) is 16.3. The number of esters is 1. The number of carbonyl (C=O) groups excluding carboxylic acids is 1. The van der Waals surface area contributed by atoms with Gasteiger partial charge >= 0.3 is 5.97 Å². The first-order chi connectivity index (χ1) is 17.2. The van der Waals surface area contributed by atoms with Gasteiger partial charge in [-0.2, -0.15) is 0 Å². The summed E-state index contributed by atoms with van der Waals surface area (Å²) < 4.78 is 11.7. The quantitative estimate of drug-likeness (QED) is 0.141. The normalized spacial score (nSPS) is 24.7. The number of ether oxygens (including phenoxy) is 2. The van der Waals surface area contributed by atoms with E-state index in [1.165, 1.54) is 96.3 Å². The molecule has 0 amide bonds. The summed E-state index contributed by atoms with van der Waals surface area (Å²) in [6.07, 6.45) is 23.3. The minimum absolute atomic E-state index is 0.0494. The number of hydrogen-bond donors (Lipinski definition) is 0. The molecule has 0 bridgehead atoms. The van der Waals surface area contributed by atoms with Crippen LogP contribution >= 0.6 is 0 Å². The zero-order chi connectivity index (χ0) is 24.7. The van der Waals surface area contributed by atoms with Crippen molar-refractivity contribution >= 4 is 5.97 Å². The van der Waals surface area contributed by atoms with Crippen LogP contribution in [0.2, 0.25) is 0 Å². The summed E-state index contributed by atoms with van der Waals surface area (Å²) in [6, 6.07) is 7.66.